The number of benzene rings is 2. The zero-order valence-corrected chi connectivity index (χ0v) is 25.8. The molecule has 44 heavy (non-hydrogen) atoms. The molecule has 0 aromatic heterocycles. The summed E-state index contributed by atoms with van der Waals surface area (Å²) >= 11 is 5.25. The van der Waals surface area contributed by atoms with Gasteiger partial charge in [0.25, 0.3) is 17.3 Å². The molecule has 0 bridgehead atoms. The second kappa shape index (κ2) is 14.1. The lowest BCUT2D eigenvalue weighted by Gasteiger charge is -2.34. The van der Waals surface area contributed by atoms with Crippen LogP contribution in [-0.2, 0) is 23.9 Å². The molecule has 0 saturated heterocycles. The van der Waals surface area contributed by atoms with E-state index in [2.05, 4.69) is 0 Å². The molecular weight excluding hydrogens is 600 g/mol. The maximum atomic E-state index is 12.1. The number of hydrogen-bond acceptors (Lipinski definition) is 12. The molecule has 2 aliphatic heterocycles. The Labute approximate surface area is 257 Å². The number of carbonyl (C=O) groups is 3. The summed E-state index contributed by atoms with van der Waals surface area (Å²) in [5, 5.41) is 22.2. The maximum absolute atomic E-state index is 12.1. The predicted octanol–water partition coefficient (Wildman–Crippen LogP) is 3.96. The van der Waals surface area contributed by atoms with Gasteiger partial charge < -0.3 is 23.8 Å². The molecule has 0 aliphatic carbocycles. The molecule has 236 valence electrons. The smallest absolute Gasteiger partial charge is 0.328 e. The Morgan fingerprint density at radius 1 is 0.841 bits per heavy atom. The van der Waals surface area contributed by atoms with Crippen LogP contribution in [0.5, 0.6) is 11.5 Å². The molecule has 0 saturated carbocycles. The van der Waals surface area contributed by atoms with Crippen molar-refractivity contribution >= 4 is 57.8 Å². The molecule has 2 atom stereocenters. The second-order valence-corrected chi connectivity index (χ2v) is 10.2. The minimum atomic E-state index is -0.891. The highest BCUT2D eigenvalue weighted by Crippen LogP contribution is 2.40. The molecular formula is C28H32N4O11S. The van der Waals surface area contributed by atoms with E-state index in [9.17, 15) is 34.6 Å². The van der Waals surface area contributed by atoms with Gasteiger partial charge in [0.15, 0.2) is 6.61 Å². The first kappa shape index (κ1) is 33.6. The van der Waals surface area contributed by atoms with Crippen LogP contribution >= 0.6 is 12.2 Å². The highest BCUT2D eigenvalue weighted by molar-refractivity contribution is 7.80. The van der Waals surface area contributed by atoms with E-state index in [4.69, 9.17) is 31.2 Å². The third-order valence-electron chi connectivity index (χ3n) is 6.74. The van der Waals surface area contributed by atoms with Crippen LogP contribution in [0, 0.1) is 34.1 Å². The number of thiocarbonyl (C=S) groups is 1. The van der Waals surface area contributed by atoms with Crippen molar-refractivity contribution in [2.75, 3.05) is 36.2 Å². The van der Waals surface area contributed by atoms with Gasteiger partial charge in [-0.15, -0.1) is 0 Å². The largest absolute Gasteiger partial charge is 0.484 e. The monoisotopic (exact) mass is 632 g/mol. The molecule has 2 aromatic rings. The zero-order chi connectivity index (χ0) is 32.9. The number of anilines is 2. The van der Waals surface area contributed by atoms with Crippen molar-refractivity contribution in [1.29, 1.82) is 0 Å². The van der Waals surface area contributed by atoms with Crippen molar-refractivity contribution in [3.8, 4) is 11.5 Å². The van der Waals surface area contributed by atoms with Gasteiger partial charge in [0.05, 0.1) is 34.4 Å². The SMILES string of the molecule is CCOC(=O)C(C)N1C(=O)COc2cc(C)c([N+](=O)[O-])cc21.CCOC(=O)C(C)N1C(=S)COc2cc(C)c([N+](=O)[O-])cc21. The van der Waals surface area contributed by atoms with Crippen molar-refractivity contribution in [3.05, 3.63) is 55.6 Å². The number of rotatable bonds is 8. The number of amides is 1. The fourth-order valence-corrected chi connectivity index (χ4v) is 4.91. The molecule has 2 aromatic carbocycles. The Kier molecular flexibility index (Phi) is 10.8. The standard InChI is InChI=1S/C14H16N2O6.C14H16N2O5S/c1-4-21-14(18)9(3)15-11-6-10(16(19)20)8(2)5-12(11)22-7-13(15)17;1-4-20-14(17)9(3)15-11-6-10(16(18)19)8(2)5-12(11)21-7-13(15)22/h2*5-6,9H,4,7H2,1-3H3. The predicted molar refractivity (Wildman–Crippen MR) is 161 cm³/mol. The molecule has 2 unspecified atom stereocenters. The van der Waals surface area contributed by atoms with Crippen LogP contribution in [-0.4, -0.2) is 71.2 Å². The average molecular weight is 633 g/mol. The molecule has 16 heteroatoms. The Balaban J connectivity index is 0.000000240. The Morgan fingerprint density at radius 2 is 1.25 bits per heavy atom. The van der Waals surface area contributed by atoms with E-state index in [1.165, 1.54) is 30.0 Å². The molecule has 1 amide bonds. The number of hydrogen-bond donors (Lipinski definition) is 0. The molecule has 2 aliphatic rings. The van der Waals surface area contributed by atoms with Gasteiger partial charge in [0.2, 0.25) is 0 Å². The lowest BCUT2D eigenvalue weighted by molar-refractivity contribution is -0.385. The fraction of sp³-hybridized carbons (Fsp3) is 0.429. The quantitative estimate of drug-likeness (QED) is 0.177. The maximum Gasteiger partial charge on any atom is 0.328 e. The first-order valence-electron chi connectivity index (χ1n) is 13.5. The van der Waals surface area contributed by atoms with Crippen molar-refractivity contribution < 1.29 is 43.2 Å². The second-order valence-electron chi connectivity index (χ2n) is 9.69. The molecule has 0 N–H and O–H groups in total. The van der Waals surface area contributed by atoms with Crippen molar-refractivity contribution in [3.63, 3.8) is 0 Å². The summed E-state index contributed by atoms with van der Waals surface area (Å²) in [7, 11) is 0. The lowest BCUT2D eigenvalue weighted by Crippen LogP contribution is -2.48. The third kappa shape index (κ3) is 7.02. The number of nitrogens with zero attached hydrogens (tertiary/aromatic N) is 4. The topological polar surface area (TPSA) is 181 Å². The van der Waals surface area contributed by atoms with E-state index < -0.39 is 39.8 Å². The van der Waals surface area contributed by atoms with E-state index in [-0.39, 0.29) is 43.5 Å². The molecule has 15 nitrogen and oxygen atoms in total. The van der Waals surface area contributed by atoms with E-state index in [0.717, 1.165) is 0 Å². The van der Waals surface area contributed by atoms with Crippen LogP contribution < -0.4 is 19.3 Å². The van der Waals surface area contributed by atoms with E-state index in [0.29, 0.717) is 33.3 Å². The number of aryl methyl sites for hydroxylation is 2. The fourth-order valence-electron chi connectivity index (χ4n) is 4.59. The minimum Gasteiger partial charge on any atom is -0.484 e. The molecule has 0 spiro atoms. The van der Waals surface area contributed by atoms with Gasteiger partial charge in [-0.1, -0.05) is 12.2 Å². The lowest BCUT2D eigenvalue weighted by atomic mass is 10.1. The Bertz CT molecular complexity index is 1400. The summed E-state index contributed by atoms with van der Waals surface area (Å²) in [4.78, 5) is 60.3. The van der Waals surface area contributed by atoms with Crippen LogP contribution in [0.3, 0.4) is 0 Å². The van der Waals surface area contributed by atoms with E-state index in [1.54, 1.807) is 45.6 Å². The van der Waals surface area contributed by atoms with Gasteiger partial charge >= 0.3 is 11.9 Å². The number of nitro benzene ring substituents is 2. The zero-order valence-electron chi connectivity index (χ0n) is 25.0. The summed E-state index contributed by atoms with van der Waals surface area (Å²) in [6, 6.07) is 4.13. The Morgan fingerprint density at radius 3 is 1.68 bits per heavy atom. The average Bonchev–Trinajstić information content (AvgIpc) is 2.96. The summed E-state index contributed by atoms with van der Waals surface area (Å²) < 4.78 is 20.7. The van der Waals surface area contributed by atoms with Crippen molar-refractivity contribution in [2.45, 2.75) is 53.6 Å². The third-order valence-corrected chi connectivity index (χ3v) is 7.05. The Hall–Kier alpha value is -4.86. The van der Waals surface area contributed by atoms with Crippen LogP contribution in [0.15, 0.2) is 24.3 Å². The van der Waals surface area contributed by atoms with Gasteiger partial charge in [0.1, 0.15) is 35.2 Å². The highest BCUT2D eigenvalue weighted by Gasteiger charge is 2.36. The van der Waals surface area contributed by atoms with Crippen LogP contribution in [0.4, 0.5) is 22.7 Å². The summed E-state index contributed by atoms with van der Waals surface area (Å²) in [5.74, 6) is -0.675. The molecule has 0 radical (unpaired) electrons. The summed E-state index contributed by atoms with van der Waals surface area (Å²) in [6.07, 6.45) is 0. The van der Waals surface area contributed by atoms with Crippen LogP contribution in [0.2, 0.25) is 0 Å². The number of nitro groups is 2. The van der Waals surface area contributed by atoms with Crippen LogP contribution in [0.25, 0.3) is 0 Å². The summed E-state index contributed by atoms with van der Waals surface area (Å²) in [5.41, 5.74) is 1.33. The normalized spacial score (nSPS) is 14.9. The van der Waals surface area contributed by atoms with Gasteiger partial charge in [-0.05, 0) is 53.7 Å². The van der Waals surface area contributed by atoms with Crippen molar-refractivity contribution in [1.82, 2.24) is 0 Å². The van der Waals surface area contributed by atoms with Crippen LogP contribution in [0.1, 0.15) is 38.8 Å². The number of esters is 2. The first-order chi connectivity index (χ1) is 20.7. The molecule has 2 heterocycles. The molecule has 0 fully saturated rings. The molecule has 4 rings (SSSR count). The minimum absolute atomic E-state index is 0.0480. The first-order valence-corrected chi connectivity index (χ1v) is 13.9. The van der Waals surface area contributed by atoms with E-state index in [1.807, 2.05) is 0 Å². The van der Waals surface area contributed by atoms with Gasteiger partial charge in [-0.25, -0.2) is 9.59 Å². The number of carbonyl (C=O) groups excluding carboxylic acids is 3. The van der Waals surface area contributed by atoms with E-state index >= 15 is 0 Å². The van der Waals surface area contributed by atoms with Gasteiger partial charge in [-0.3, -0.25) is 29.9 Å². The van der Waals surface area contributed by atoms with Crippen molar-refractivity contribution in [2.24, 2.45) is 0 Å². The number of fused-ring (bicyclic) bond motifs is 2. The van der Waals surface area contributed by atoms with Gasteiger partial charge in [-0.2, -0.15) is 0 Å². The highest BCUT2D eigenvalue weighted by atomic mass is 32.1. The summed E-state index contributed by atoms with van der Waals surface area (Å²) in [6.45, 7) is 10.1. The number of ether oxygens (including phenoxy) is 4. The van der Waals surface area contributed by atoms with Gasteiger partial charge in [0, 0.05) is 23.3 Å².